The summed E-state index contributed by atoms with van der Waals surface area (Å²) in [6.45, 7) is 3.56. The molecule has 0 heterocycles. The van der Waals surface area contributed by atoms with Crippen molar-refractivity contribution < 1.29 is 13.9 Å². The topological polar surface area (TPSA) is 26.3 Å². The summed E-state index contributed by atoms with van der Waals surface area (Å²) in [4.78, 5) is 11.5. The number of hydrogen-bond acceptors (Lipinski definition) is 2. The number of Topliss-reactive ketones (excluding diaryl/α,β-unsaturated/α-hetero) is 1. The Morgan fingerprint density at radius 2 is 1.86 bits per heavy atom. The summed E-state index contributed by atoms with van der Waals surface area (Å²) >= 11 is 0. The molecule has 0 N–H and O–H groups in total. The number of ether oxygens (including phenoxy) is 1. The van der Waals surface area contributed by atoms with Crippen LogP contribution in [0.1, 0.15) is 42.6 Å². The molecule has 0 radical (unpaired) electrons. The maximum atomic E-state index is 13.2. The number of rotatable bonds is 6. The average Bonchev–Trinajstić information content (AvgIpc) is 2.48. The summed E-state index contributed by atoms with van der Waals surface area (Å²) in [5.41, 5.74) is 1.51. The molecule has 0 amide bonds. The highest BCUT2D eigenvalue weighted by Gasteiger charge is 2.10. The molecule has 0 aromatic heterocycles. The summed E-state index contributed by atoms with van der Waals surface area (Å²) in [5.74, 6) is 0.362. The number of unbranched alkanes of at least 4 members (excludes halogenated alkanes) is 1. The molecule has 0 saturated heterocycles. The van der Waals surface area contributed by atoms with Gasteiger partial charge < -0.3 is 4.74 Å². The van der Waals surface area contributed by atoms with Crippen LogP contribution in [0.25, 0.3) is 0 Å². The normalized spacial score (nSPS) is 10.4. The largest absolute Gasteiger partial charge is 0.457 e. The van der Waals surface area contributed by atoms with Gasteiger partial charge in [-0.15, -0.1) is 0 Å². The minimum Gasteiger partial charge on any atom is -0.457 e. The molecule has 0 spiro atoms. The number of halogens is 1. The molecule has 0 aliphatic heterocycles. The number of carbonyl (C=O) groups is 1. The van der Waals surface area contributed by atoms with Crippen LogP contribution in [0.3, 0.4) is 0 Å². The summed E-state index contributed by atoms with van der Waals surface area (Å²) < 4.78 is 18.9. The maximum absolute atomic E-state index is 13.2. The van der Waals surface area contributed by atoms with Gasteiger partial charge in [0, 0.05) is 0 Å². The van der Waals surface area contributed by atoms with Gasteiger partial charge in [0.15, 0.2) is 5.78 Å². The zero-order valence-corrected chi connectivity index (χ0v) is 12.4. The first-order valence-corrected chi connectivity index (χ1v) is 7.17. The van der Waals surface area contributed by atoms with Gasteiger partial charge in [0.25, 0.3) is 0 Å². The second-order valence-corrected chi connectivity index (χ2v) is 5.05. The highest BCUT2D eigenvalue weighted by atomic mass is 19.1. The Morgan fingerprint density at radius 1 is 1.14 bits per heavy atom. The van der Waals surface area contributed by atoms with E-state index in [1.165, 1.54) is 30.7 Å². The predicted molar refractivity (Wildman–Crippen MR) is 81.5 cm³/mol. The number of aryl methyl sites for hydroxylation is 1. The molecule has 2 aromatic rings. The monoisotopic (exact) mass is 286 g/mol. The van der Waals surface area contributed by atoms with Crippen LogP contribution in [0, 0.1) is 5.82 Å². The van der Waals surface area contributed by atoms with Crippen LogP contribution in [0.4, 0.5) is 4.39 Å². The van der Waals surface area contributed by atoms with Crippen molar-refractivity contribution in [1.82, 2.24) is 0 Å². The van der Waals surface area contributed by atoms with E-state index in [1.54, 1.807) is 0 Å². The lowest BCUT2D eigenvalue weighted by Crippen LogP contribution is -1.98. The van der Waals surface area contributed by atoms with Crippen LogP contribution in [0.2, 0.25) is 0 Å². The third-order valence-electron chi connectivity index (χ3n) is 3.29. The van der Waals surface area contributed by atoms with E-state index in [-0.39, 0.29) is 11.3 Å². The lowest BCUT2D eigenvalue weighted by Gasteiger charge is -2.10. The quantitative estimate of drug-likeness (QED) is 0.685. The summed E-state index contributed by atoms with van der Waals surface area (Å²) in [6.07, 6.45) is 3.37. The molecular formula is C18H19FO2. The zero-order valence-electron chi connectivity index (χ0n) is 12.4. The smallest absolute Gasteiger partial charge is 0.163 e. The second kappa shape index (κ2) is 7.02. The van der Waals surface area contributed by atoms with E-state index >= 15 is 0 Å². The van der Waals surface area contributed by atoms with Crippen molar-refractivity contribution in [3.63, 3.8) is 0 Å². The van der Waals surface area contributed by atoms with E-state index in [4.69, 9.17) is 4.74 Å². The van der Waals surface area contributed by atoms with Gasteiger partial charge in [-0.3, -0.25) is 4.79 Å². The van der Waals surface area contributed by atoms with Crippen molar-refractivity contribution in [3.05, 3.63) is 59.4 Å². The van der Waals surface area contributed by atoms with E-state index in [1.807, 2.05) is 24.3 Å². The van der Waals surface area contributed by atoms with Crippen LogP contribution < -0.4 is 4.74 Å². The van der Waals surface area contributed by atoms with Gasteiger partial charge in [0.1, 0.15) is 17.3 Å². The lowest BCUT2D eigenvalue weighted by molar-refractivity contribution is 0.101. The van der Waals surface area contributed by atoms with Crippen molar-refractivity contribution in [3.8, 4) is 11.5 Å². The molecule has 0 fully saturated rings. The Hall–Kier alpha value is -2.16. The summed E-state index contributed by atoms with van der Waals surface area (Å²) in [5, 5.41) is 0. The fourth-order valence-electron chi connectivity index (χ4n) is 2.10. The Labute approximate surface area is 124 Å². The third kappa shape index (κ3) is 4.15. The van der Waals surface area contributed by atoms with Gasteiger partial charge in [-0.2, -0.15) is 0 Å². The summed E-state index contributed by atoms with van der Waals surface area (Å²) in [6, 6.07) is 11.8. The maximum Gasteiger partial charge on any atom is 0.163 e. The molecule has 0 aliphatic carbocycles. The molecule has 110 valence electrons. The summed E-state index contributed by atoms with van der Waals surface area (Å²) in [7, 11) is 0. The lowest BCUT2D eigenvalue weighted by atomic mass is 10.1. The third-order valence-corrected chi connectivity index (χ3v) is 3.29. The predicted octanol–water partition coefficient (Wildman–Crippen LogP) is 5.16. The van der Waals surface area contributed by atoms with Gasteiger partial charge in [0.05, 0.1) is 5.56 Å². The zero-order chi connectivity index (χ0) is 15.2. The van der Waals surface area contributed by atoms with Crippen molar-refractivity contribution in [1.29, 1.82) is 0 Å². The van der Waals surface area contributed by atoms with Crippen LogP contribution >= 0.6 is 0 Å². The van der Waals surface area contributed by atoms with Gasteiger partial charge in [-0.25, -0.2) is 4.39 Å². The van der Waals surface area contributed by atoms with E-state index in [0.29, 0.717) is 11.5 Å². The number of benzene rings is 2. The SMILES string of the molecule is CCCCc1ccc(Oc2ccc(F)cc2C(C)=O)cc1. The minimum absolute atomic E-state index is 0.218. The Balaban J connectivity index is 2.16. The molecule has 0 aliphatic rings. The average molecular weight is 286 g/mol. The Morgan fingerprint density at radius 3 is 2.48 bits per heavy atom. The van der Waals surface area contributed by atoms with Gasteiger partial charge in [-0.1, -0.05) is 25.5 Å². The first-order chi connectivity index (χ1) is 10.1. The molecule has 0 atom stereocenters. The number of hydrogen-bond donors (Lipinski definition) is 0. The van der Waals surface area contributed by atoms with Crippen molar-refractivity contribution in [2.24, 2.45) is 0 Å². The van der Waals surface area contributed by atoms with E-state index in [2.05, 4.69) is 6.92 Å². The highest BCUT2D eigenvalue weighted by Crippen LogP contribution is 2.27. The number of ketones is 1. The Kier molecular flexibility index (Phi) is 5.09. The second-order valence-electron chi connectivity index (χ2n) is 5.05. The van der Waals surface area contributed by atoms with Gasteiger partial charge in [-0.05, 0) is 55.7 Å². The molecule has 0 unspecified atom stereocenters. The molecule has 21 heavy (non-hydrogen) atoms. The van der Waals surface area contributed by atoms with E-state index in [0.717, 1.165) is 19.3 Å². The van der Waals surface area contributed by atoms with Crippen LogP contribution in [0.15, 0.2) is 42.5 Å². The molecular weight excluding hydrogens is 267 g/mol. The molecule has 0 saturated carbocycles. The fraction of sp³-hybridized carbons (Fsp3) is 0.278. The first kappa shape index (κ1) is 15.2. The molecule has 0 bridgehead atoms. The van der Waals surface area contributed by atoms with Gasteiger partial charge >= 0.3 is 0 Å². The number of carbonyl (C=O) groups excluding carboxylic acids is 1. The van der Waals surface area contributed by atoms with Gasteiger partial charge in [0.2, 0.25) is 0 Å². The molecule has 2 rings (SSSR count). The van der Waals surface area contributed by atoms with E-state index < -0.39 is 5.82 Å². The molecule has 3 heteroatoms. The van der Waals surface area contributed by atoms with Crippen LogP contribution in [0.5, 0.6) is 11.5 Å². The van der Waals surface area contributed by atoms with Crippen LogP contribution in [-0.2, 0) is 6.42 Å². The van der Waals surface area contributed by atoms with Crippen molar-refractivity contribution in [2.75, 3.05) is 0 Å². The van der Waals surface area contributed by atoms with Crippen LogP contribution in [-0.4, -0.2) is 5.78 Å². The molecule has 2 aromatic carbocycles. The fourth-order valence-corrected chi connectivity index (χ4v) is 2.10. The Bertz CT molecular complexity index is 618. The minimum atomic E-state index is -0.442. The van der Waals surface area contributed by atoms with E-state index in [9.17, 15) is 9.18 Å². The highest BCUT2D eigenvalue weighted by molar-refractivity contribution is 5.96. The first-order valence-electron chi connectivity index (χ1n) is 7.17. The van der Waals surface area contributed by atoms with Crippen molar-refractivity contribution >= 4 is 5.78 Å². The van der Waals surface area contributed by atoms with Crippen molar-refractivity contribution in [2.45, 2.75) is 33.1 Å². The standard InChI is InChI=1S/C18H19FO2/c1-3-4-5-14-6-9-16(10-7-14)21-18-11-8-15(19)12-17(18)13(2)20/h6-12H,3-5H2,1-2H3. The molecule has 2 nitrogen and oxygen atoms in total.